The van der Waals surface area contributed by atoms with Crippen molar-refractivity contribution < 1.29 is 0 Å². The molecule has 0 unspecified atom stereocenters. The van der Waals surface area contributed by atoms with Gasteiger partial charge in [0.25, 0.3) is 0 Å². The Balaban J connectivity index is 2.99. The number of hydrogen-bond donors (Lipinski definition) is 0. The molecule has 0 saturated carbocycles. The first kappa shape index (κ1) is 7.80. The SMILES string of the molecule is [CH2-][CH2][Sn]([CH2][CH2-])[CH2]C. The fraction of sp³-hybridized carbons (Fsp3) is 0.667. The first-order valence-corrected chi connectivity index (χ1v) is 8.82. The standard InChI is InChI=1S/C2H5.2C2H4.Sn/c3*1-2;/h1H2,2H3;2*1-2H2;/q;2*-1;. The second-order valence-corrected chi connectivity index (χ2v) is 10.8. The van der Waals surface area contributed by atoms with Crippen LogP contribution in [0.3, 0.4) is 0 Å². The first-order valence-electron chi connectivity index (χ1n) is 2.77. The average Bonchev–Trinajstić information content (AvgIpc) is 1.72. The second kappa shape index (κ2) is 4.95. The van der Waals surface area contributed by atoms with Crippen LogP contribution < -0.4 is 0 Å². The predicted octanol–water partition coefficient (Wildman–Crippen LogP) is 2.17. The van der Waals surface area contributed by atoms with E-state index in [1.165, 1.54) is 13.3 Å². The molecule has 0 N–H and O–H groups in total. The van der Waals surface area contributed by atoms with Crippen molar-refractivity contribution in [2.24, 2.45) is 0 Å². The van der Waals surface area contributed by atoms with Crippen LogP contribution in [0.4, 0.5) is 0 Å². The van der Waals surface area contributed by atoms with E-state index in [2.05, 4.69) is 20.8 Å². The Hall–Kier alpha value is 0.799. The van der Waals surface area contributed by atoms with Crippen LogP contribution in [0.5, 0.6) is 0 Å². The maximum absolute atomic E-state index is 3.88. The second-order valence-electron chi connectivity index (χ2n) is 1.60. The average molecular weight is 204 g/mol. The quantitative estimate of drug-likeness (QED) is 0.488. The minimum atomic E-state index is -0.875. The molecule has 0 saturated heterocycles. The molecule has 43 valence electrons. The van der Waals surface area contributed by atoms with Crippen LogP contribution >= 0.6 is 0 Å². The van der Waals surface area contributed by atoms with Crippen LogP contribution in [0, 0.1) is 13.8 Å². The zero-order chi connectivity index (χ0) is 5.70. The Kier molecular flexibility index (Phi) is 5.51. The first-order chi connectivity index (χ1) is 3.35. The maximum atomic E-state index is 3.88. The van der Waals surface area contributed by atoms with E-state index in [4.69, 9.17) is 0 Å². The molecular formula is C6H13Sn-2. The summed E-state index contributed by atoms with van der Waals surface area (Å²) in [5.41, 5.74) is 0. The van der Waals surface area contributed by atoms with Crippen LogP contribution in [0.1, 0.15) is 6.92 Å². The summed E-state index contributed by atoms with van der Waals surface area (Å²) in [5, 5.41) is 0. The summed E-state index contributed by atoms with van der Waals surface area (Å²) in [6, 6.07) is 0. The molecule has 0 fully saturated rings. The number of rotatable bonds is 3. The third kappa shape index (κ3) is 3.39. The normalized spacial score (nSPS) is 10.3. The van der Waals surface area contributed by atoms with Gasteiger partial charge in [-0.1, -0.05) is 0 Å². The summed E-state index contributed by atoms with van der Waals surface area (Å²) in [4.78, 5) is 0. The Morgan fingerprint density at radius 1 is 1.29 bits per heavy atom. The fourth-order valence-corrected chi connectivity index (χ4v) is 3.21. The molecule has 0 aliphatic rings. The minimum absolute atomic E-state index is 0.875. The third-order valence-electron chi connectivity index (χ3n) is 1.21. The molecule has 0 amide bonds. The van der Waals surface area contributed by atoms with Gasteiger partial charge >= 0.3 is 53.8 Å². The van der Waals surface area contributed by atoms with Crippen LogP contribution in [-0.2, 0) is 0 Å². The molecule has 0 atom stereocenters. The van der Waals surface area contributed by atoms with E-state index in [0.717, 1.165) is 0 Å². The topological polar surface area (TPSA) is 0 Å². The van der Waals surface area contributed by atoms with Crippen molar-refractivity contribution in [2.75, 3.05) is 0 Å². The van der Waals surface area contributed by atoms with Crippen LogP contribution in [0.25, 0.3) is 0 Å². The van der Waals surface area contributed by atoms with Gasteiger partial charge in [-0.15, -0.1) is 0 Å². The van der Waals surface area contributed by atoms with Crippen LogP contribution in [-0.4, -0.2) is 19.8 Å². The Morgan fingerprint density at radius 3 is 1.71 bits per heavy atom. The van der Waals surface area contributed by atoms with Gasteiger partial charge in [-0.05, 0) is 0 Å². The van der Waals surface area contributed by atoms with Crippen LogP contribution in [0.15, 0.2) is 0 Å². The zero-order valence-corrected chi connectivity index (χ0v) is 7.89. The van der Waals surface area contributed by atoms with Gasteiger partial charge in [0.2, 0.25) is 0 Å². The number of hydrogen-bond acceptors (Lipinski definition) is 0. The summed E-state index contributed by atoms with van der Waals surface area (Å²) in [6.07, 6.45) is 0. The van der Waals surface area contributed by atoms with Gasteiger partial charge in [-0.2, -0.15) is 0 Å². The third-order valence-corrected chi connectivity index (χ3v) is 8.10. The molecule has 0 bridgehead atoms. The molecule has 0 aliphatic carbocycles. The van der Waals surface area contributed by atoms with E-state index in [0.29, 0.717) is 0 Å². The Labute approximate surface area is 54.0 Å². The molecule has 0 aromatic rings. The Bertz CT molecular complexity index is 25.7. The fourth-order valence-electron chi connectivity index (χ4n) is 0.479. The summed E-state index contributed by atoms with van der Waals surface area (Å²) in [6.45, 7) is 10.0. The van der Waals surface area contributed by atoms with Crippen molar-refractivity contribution in [3.8, 4) is 0 Å². The van der Waals surface area contributed by atoms with E-state index in [1.807, 2.05) is 0 Å². The van der Waals surface area contributed by atoms with Crippen molar-refractivity contribution >= 4 is 19.8 Å². The van der Waals surface area contributed by atoms with Gasteiger partial charge < -0.3 is 0 Å². The summed E-state index contributed by atoms with van der Waals surface area (Å²) in [5.74, 6) is 0. The molecule has 0 heterocycles. The predicted molar refractivity (Wildman–Crippen MR) is 36.6 cm³/mol. The van der Waals surface area contributed by atoms with Gasteiger partial charge in [0.05, 0.1) is 0 Å². The van der Waals surface area contributed by atoms with E-state index in [9.17, 15) is 0 Å². The van der Waals surface area contributed by atoms with E-state index in [1.54, 1.807) is 0 Å². The van der Waals surface area contributed by atoms with E-state index >= 15 is 0 Å². The molecular weight excluding hydrogens is 191 g/mol. The Morgan fingerprint density at radius 2 is 1.71 bits per heavy atom. The van der Waals surface area contributed by atoms with Crippen molar-refractivity contribution in [1.82, 2.24) is 0 Å². The van der Waals surface area contributed by atoms with Crippen LogP contribution in [0.2, 0.25) is 13.3 Å². The van der Waals surface area contributed by atoms with Crippen molar-refractivity contribution in [3.05, 3.63) is 13.8 Å². The van der Waals surface area contributed by atoms with Gasteiger partial charge in [-0.3, -0.25) is 0 Å². The zero-order valence-electron chi connectivity index (χ0n) is 5.04. The summed E-state index contributed by atoms with van der Waals surface area (Å²) < 4.78 is 3.90. The van der Waals surface area contributed by atoms with Crippen molar-refractivity contribution in [2.45, 2.75) is 20.2 Å². The van der Waals surface area contributed by atoms with Gasteiger partial charge in [0.1, 0.15) is 0 Å². The monoisotopic (exact) mass is 205 g/mol. The van der Waals surface area contributed by atoms with Crippen molar-refractivity contribution in [1.29, 1.82) is 0 Å². The van der Waals surface area contributed by atoms with Gasteiger partial charge in [-0.25, -0.2) is 0 Å². The van der Waals surface area contributed by atoms with E-state index < -0.39 is 19.8 Å². The molecule has 0 rings (SSSR count). The van der Waals surface area contributed by atoms with E-state index in [-0.39, 0.29) is 0 Å². The molecule has 0 spiro atoms. The van der Waals surface area contributed by atoms with Gasteiger partial charge in [0.15, 0.2) is 0 Å². The summed E-state index contributed by atoms with van der Waals surface area (Å²) in [7, 11) is 0. The molecule has 0 aromatic heterocycles. The summed E-state index contributed by atoms with van der Waals surface area (Å²) >= 11 is -0.875. The van der Waals surface area contributed by atoms with Gasteiger partial charge in [0, 0.05) is 0 Å². The molecule has 1 radical (unpaired) electrons. The van der Waals surface area contributed by atoms with Crippen molar-refractivity contribution in [3.63, 3.8) is 0 Å². The molecule has 0 aromatic carbocycles. The molecule has 7 heavy (non-hydrogen) atoms. The molecule has 1 heteroatoms. The molecule has 0 aliphatic heterocycles. The molecule has 0 nitrogen and oxygen atoms in total.